The normalized spacial score (nSPS) is 12.8. The summed E-state index contributed by atoms with van der Waals surface area (Å²) in [5, 5.41) is 9.43. The third kappa shape index (κ3) is 5.16. The van der Waals surface area contributed by atoms with Crippen molar-refractivity contribution in [3.05, 3.63) is 89.0 Å². The van der Waals surface area contributed by atoms with Gasteiger partial charge in [-0.3, -0.25) is 19.3 Å². The van der Waals surface area contributed by atoms with Crippen molar-refractivity contribution in [2.75, 3.05) is 20.3 Å². The fourth-order valence-electron chi connectivity index (χ4n) is 3.78. The molecule has 0 saturated carbocycles. The Morgan fingerprint density at radius 2 is 1.49 bits per heavy atom. The molecule has 3 aromatic rings. The lowest BCUT2D eigenvalue weighted by molar-refractivity contribution is -0.152. The maximum absolute atomic E-state index is 13.2. The minimum atomic E-state index is -1.57. The highest BCUT2D eigenvalue weighted by Crippen LogP contribution is 2.31. The predicted molar refractivity (Wildman–Crippen MR) is 133 cm³/mol. The third-order valence-electron chi connectivity index (χ3n) is 5.89. The van der Waals surface area contributed by atoms with Crippen molar-refractivity contribution in [1.82, 2.24) is 4.90 Å². The maximum Gasteiger partial charge on any atom is 0.347 e. The quantitative estimate of drug-likeness (QED) is 0.327. The molecular formula is C28H25NO8. The highest BCUT2D eigenvalue weighted by atomic mass is 16.5. The number of imide groups is 1. The van der Waals surface area contributed by atoms with E-state index in [9.17, 15) is 24.3 Å². The molecule has 0 aromatic heterocycles. The number of amides is 2. The molecule has 1 aliphatic rings. The van der Waals surface area contributed by atoms with Gasteiger partial charge in [0.15, 0.2) is 11.4 Å². The van der Waals surface area contributed by atoms with Gasteiger partial charge >= 0.3 is 5.97 Å². The molecule has 190 valence electrons. The van der Waals surface area contributed by atoms with Gasteiger partial charge in [0.2, 0.25) is 0 Å². The van der Waals surface area contributed by atoms with Crippen LogP contribution in [0.3, 0.4) is 0 Å². The molecule has 3 aromatic carbocycles. The Labute approximate surface area is 213 Å². The summed E-state index contributed by atoms with van der Waals surface area (Å²) in [5.41, 5.74) is -0.309. The molecule has 37 heavy (non-hydrogen) atoms. The standard InChI is InChI=1S/C28H25NO8/c1-28(2,27(33)34)37-23-16-19(35-3)12-13-22(23)24(30)17-8-10-18(11-9-17)36-15-14-29-25(31)20-6-4-5-7-21(20)26(29)32/h4-13,16H,14-15H2,1-3H3,(H,33,34). The van der Waals surface area contributed by atoms with Crippen molar-refractivity contribution in [2.24, 2.45) is 0 Å². The lowest BCUT2D eigenvalue weighted by Crippen LogP contribution is -2.38. The minimum absolute atomic E-state index is 0.0815. The second kappa shape index (κ2) is 10.1. The van der Waals surface area contributed by atoms with E-state index in [0.29, 0.717) is 28.2 Å². The summed E-state index contributed by atoms with van der Waals surface area (Å²) in [5.74, 6) is -1.32. The van der Waals surface area contributed by atoms with Crippen LogP contribution in [-0.4, -0.2) is 59.4 Å². The predicted octanol–water partition coefficient (Wildman–Crippen LogP) is 3.84. The number of hydrogen-bond acceptors (Lipinski definition) is 7. The van der Waals surface area contributed by atoms with Crippen molar-refractivity contribution in [3.8, 4) is 17.2 Å². The Morgan fingerprint density at radius 3 is 2.05 bits per heavy atom. The fraction of sp³-hybridized carbons (Fsp3) is 0.214. The zero-order chi connectivity index (χ0) is 26.7. The summed E-state index contributed by atoms with van der Waals surface area (Å²) in [7, 11) is 1.45. The number of carboxylic acids is 1. The Balaban J connectivity index is 1.43. The van der Waals surface area contributed by atoms with Gasteiger partial charge in [0.25, 0.3) is 11.8 Å². The average Bonchev–Trinajstić information content (AvgIpc) is 3.13. The molecule has 0 fully saturated rings. The Kier molecular flexibility index (Phi) is 6.97. The van der Waals surface area contributed by atoms with E-state index in [4.69, 9.17) is 14.2 Å². The van der Waals surface area contributed by atoms with Crippen LogP contribution in [0.25, 0.3) is 0 Å². The van der Waals surface area contributed by atoms with E-state index in [1.165, 1.54) is 33.1 Å². The zero-order valence-corrected chi connectivity index (χ0v) is 20.5. The molecule has 0 aliphatic carbocycles. The number of aliphatic carboxylic acids is 1. The summed E-state index contributed by atoms with van der Waals surface area (Å²) in [6.07, 6.45) is 0. The SMILES string of the molecule is COc1ccc(C(=O)c2ccc(OCCN3C(=O)c4ccccc4C3=O)cc2)c(OC(C)(C)C(=O)O)c1. The van der Waals surface area contributed by atoms with Crippen LogP contribution < -0.4 is 14.2 Å². The zero-order valence-electron chi connectivity index (χ0n) is 20.5. The van der Waals surface area contributed by atoms with Crippen molar-refractivity contribution in [1.29, 1.82) is 0 Å². The van der Waals surface area contributed by atoms with Crippen LogP contribution in [-0.2, 0) is 4.79 Å². The van der Waals surface area contributed by atoms with Crippen LogP contribution in [0.5, 0.6) is 17.2 Å². The molecule has 4 rings (SSSR count). The maximum atomic E-state index is 13.2. The number of carboxylic acid groups (broad SMARTS) is 1. The van der Waals surface area contributed by atoms with E-state index in [-0.39, 0.29) is 42.1 Å². The highest BCUT2D eigenvalue weighted by molar-refractivity contribution is 6.21. The number of benzene rings is 3. The van der Waals surface area contributed by atoms with Gasteiger partial charge in [-0.1, -0.05) is 12.1 Å². The van der Waals surface area contributed by atoms with Gasteiger partial charge < -0.3 is 19.3 Å². The van der Waals surface area contributed by atoms with E-state index in [1.54, 1.807) is 54.6 Å². The van der Waals surface area contributed by atoms with Crippen LogP contribution >= 0.6 is 0 Å². The number of carbonyl (C=O) groups excluding carboxylic acids is 3. The molecule has 0 saturated heterocycles. The largest absolute Gasteiger partial charge is 0.497 e. The molecule has 1 aliphatic heterocycles. The fourth-order valence-corrected chi connectivity index (χ4v) is 3.78. The lowest BCUT2D eigenvalue weighted by Gasteiger charge is -2.23. The second-order valence-electron chi connectivity index (χ2n) is 8.79. The number of ketones is 1. The van der Waals surface area contributed by atoms with Crippen molar-refractivity contribution in [2.45, 2.75) is 19.4 Å². The first-order valence-corrected chi connectivity index (χ1v) is 11.5. The minimum Gasteiger partial charge on any atom is -0.497 e. The summed E-state index contributed by atoms with van der Waals surface area (Å²) < 4.78 is 16.5. The number of ether oxygens (including phenoxy) is 3. The topological polar surface area (TPSA) is 119 Å². The first kappa shape index (κ1) is 25.4. The van der Waals surface area contributed by atoms with Crippen molar-refractivity contribution >= 4 is 23.6 Å². The molecule has 0 bridgehead atoms. The number of hydrogen-bond donors (Lipinski definition) is 1. The van der Waals surface area contributed by atoms with Gasteiger partial charge in [0.1, 0.15) is 23.9 Å². The summed E-state index contributed by atoms with van der Waals surface area (Å²) >= 11 is 0. The molecule has 1 heterocycles. The molecule has 0 atom stereocenters. The molecule has 0 radical (unpaired) electrons. The number of rotatable bonds is 10. The second-order valence-corrected chi connectivity index (χ2v) is 8.79. The van der Waals surface area contributed by atoms with E-state index >= 15 is 0 Å². The Bertz CT molecular complexity index is 1340. The molecule has 9 nitrogen and oxygen atoms in total. The van der Waals surface area contributed by atoms with Crippen molar-refractivity contribution < 1.29 is 38.5 Å². The van der Waals surface area contributed by atoms with Crippen LogP contribution in [0.15, 0.2) is 66.7 Å². The lowest BCUT2D eigenvalue weighted by atomic mass is 10.0. The average molecular weight is 504 g/mol. The summed E-state index contributed by atoms with van der Waals surface area (Å²) in [6, 6.07) is 17.6. The van der Waals surface area contributed by atoms with Crippen LogP contribution in [0.4, 0.5) is 0 Å². The van der Waals surface area contributed by atoms with E-state index in [1.807, 2.05) is 0 Å². The first-order valence-electron chi connectivity index (χ1n) is 11.5. The van der Waals surface area contributed by atoms with E-state index in [2.05, 4.69) is 0 Å². The van der Waals surface area contributed by atoms with E-state index < -0.39 is 11.6 Å². The Hall–Kier alpha value is -4.66. The Morgan fingerprint density at radius 1 is 0.892 bits per heavy atom. The van der Waals surface area contributed by atoms with Crippen LogP contribution in [0, 0.1) is 0 Å². The smallest absolute Gasteiger partial charge is 0.347 e. The number of fused-ring (bicyclic) bond motifs is 1. The highest BCUT2D eigenvalue weighted by Gasteiger charge is 2.35. The molecule has 0 unspecified atom stereocenters. The third-order valence-corrected chi connectivity index (χ3v) is 5.89. The van der Waals surface area contributed by atoms with Crippen LogP contribution in [0.1, 0.15) is 50.5 Å². The van der Waals surface area contributed by atoms with Gasteiger partial charge in [-0.2, -0.15) is 0 Å². The number of methoxy groups -OCH3 is 1. The van der Waals surface area contributed by atoms with Gasteiger partial charge in [0.05, 0.1) is 30.3 Å². The van der Waals surface area contributed by atoms with Gasteiger partial charge in [-0.25, -0.2) is 4.79 Å². The number of nitrogens with zero attached hydrogens (tertiary/aromatic N) is 1. The van der Waals surface area contributed by atoms with Crippen LogP contribution in [0.2, 0.25) is 0 Å². The van der Waals surface area contributed by atoms with Gasteiger partial charge in [0, 0.05) is 11.6 Å². The molecule has 9 heteroatoms. The molecular weight excluding hydrogens is 478 g/mol. The summed E-state index contributed by atoms with van der Waals surface area (Å²) in [4.78, 5) is 50.8. The first-order chi connectivity index (χ1) is 17.6. The molecule has 1 N–H and O–H groups in total. The summed E-state index contributed by atoms with van der Waals surface area (Å²) in [6.45, 7) is 2.94. The van der Waals surface area contributed by atoms with Crippen molar-refractivity contribution in [3.63, 3.8) is 0 Å². The monoisotopic (exact) mass is 503 g/mol. The van der Waals surface area contributed by atoms with Gasteiger partial charge in [-0.05, 0) is 62.4 Å². The van der Waals surface area contributed by atoms with Gasteiger partial charge in [-0.15, -0.1) is 0 Å². The van der Waals surface area contributed by atoms with E-state index in [0.717, 1.165) is 4.90 Å². The molecule has 2 amide bonds. The number of carbonyl (C=O) groups is 4. The molecule has 0 spiro atoms.